The summed E-state index contributed by atoms with van der Waals surface area (Å²) < 4.78 is 0. The van der Waals surface area contributed by atoms with Crippen LogP contribution in [0.5, 0.6) is 0 Å². The van der Waals surface area contributed by atoms with Crippen LogP contribution >= 0.6 is 0 Å². The average molecular weight is 319 g/mol. The molecule has 0 atom stereocenters. The number of hydrogen-bond donors (Lipinski definition) is 1. The van der Waals surface area contributed by atoms with Gasteiger partial charge in [-0.25, -0.2) is 4.98 Å². The fourth-order valence-corrected chi connectivity index (χ4v) is 3.67. The lowest BCUT2D eigenvalue weighted by atomic mass is 9.87. The monoisotopic (exact) mass is 319 g/mol. The van der Waals surface area contributed by atoms with Crippen LogP contribution in [-0.2, 0) is 0 Å². The minimum Gasteiger partial charge on any atom is -0.342 e. The predicted molar refractivity (Wildman–Crippen MR) is 97.7 cm³/mol. The maximum Gasteiger partial charge on any atom is 0.260 e. The van der Waals surface area contributed by atoms with Crippen LogP contribution in [0.4, 0.5) is 5.95 Å². The highest BCUT2D eigenvalue weighted by molar-refractivity contribution is 5.78. The molecule has 0 amide bonds. The molecule has 1 aromatic heterocycles. The third-order valence-electron chi connectivity index (χ3n) is 5.02. The van der Waals surface area contributed by atoms with Crippen molar-refractivity contribution in [3.63, 3.8) is 0 Å². The van der Waals surface area contributed by atoms with Crippen molar-refractivity contribution in [2.45, 2.75) is 25.7 Å². The molecule has 4 rings (SSSR count). The number of nitrogens with one attached hydrogen (secondary N) is 1. The van der Waals surface area contributed by atoms with E-state index in [1.54, 1.807) is 0 Å². The summed E-state index contributed by atoms with van der Waals surface area (Å²) in [5.74, 6) is 1.29. The van der Waals surface area contributed by atoms with Gasteiger partial charge in [0.2, 0.25) is 5.95 Å². The summed E-state index contributed by atoms with van der Waals surface area (Å²) in [6.07, 6.45) is 2.17. The summed E-state index contributed by atoms with van der Waals surface area (Å²) in [5.41, 5.74) is 3.53. The number of rotatable bonds is 2. The molecular formula is C20H21N3O. The number of fused-ring (bicyclic) bond motifs is 1. The van der Waals surface area contributed by atoms with E-state index < -0.39 is 0 Å². The second-order valence-electron chi connectivity index (χ2n) is 6.52. The van der Waals surface area contributed by atoms with Crippen LogP contribution in [0.15, 0.2) is 53.3 Å². The number of aryl methyl sites for hydroxylation is 1. The number of hydrogen-bond acceptors (Lipinski definition) is 3. The van der Waals surface area contributed by atoms with Crippen molar-refractivity contribution in [3.05, 3.63) is 70.0 Å². The molecule has 0 saturated carbocycles. The minimum atomic E-state index is -0.0587. The van der Waals surface area contributed by atoms with Gasteiger partial charge < -0.3 is 4.90 Å². The van der Waals surface area contributed by atoms with Crippen molar-refractivity contribution < 1.29 is 0 Å². The smallest absolute Gasteiger partial charge is 0.260 e. The van der Waals surface area contributed by atoms with Crippen LogP contribution in [0.25, 0.3) is 10.9 Å². The molecule has 3 aromatic rings. The molecule has 1 aliphatic rings. The predicted octanol–water partition coefficient (Wildman–Crippen LogP) is 3.62. The second kappa shape index (κ2) is 6.11. The summed E-state index contributed by atoms with van der Waals surface area (Å²) in [4.78, 5) is 22.0. The molecule has 1 aliphatic heterocycles. The van der Waals surface area contributed by atoms with E-state index in [1.165, 1.54) is 11.1 Å². The molecule has 0 bridgehead atoms. The molecule has 4 heteroatoms. The van der Waals surface area contributed by atoms with Gasteiger partial charge in [0.25, 0.3) is 5.56 Å². The van der Waals surface area contributed by atoms with E-state index in [0.717, 1.165) is 31.4 Å². The van der Waals surface area contributed by atoms with Gasteiger partial charge in [-0.1, -0.05) is 36.4 Å². The number of para-hydroxylation sites is 1. The van der Waals surface area contributed by atoms with Crippen LogP contribution in [0.2, 0.25) is 0 Å². The van der Waals surface area contributed by atoms with Crippen LogP contribution < -0.4 is 10.5 Å². The first kappa shape index (κ1) is 14.9. The Morgan fingerprint density at radius 2 is 1.75 bits per heavy atom. The van der Waals surface area contributed by atoms with Crippen molar-refractivity contribution in [1.82, 2.24) is 9.97 Å². The van der Waals surface area contributed by atoms with Crippen molar-refractivity contribution >= 4 is 16.9 Å². The number of aromatic nitrogens is 2. The fourth-order valence-electron chi connectivity index (χ4n) is 3.67. The topological polar surface area (TPSA) is 49.0 Å². The molecule has 0 spiro atoms. The van der Waals surface area contributed by atoms with E-state index in [4.69, 9.17) is 0 Å². The Morgan fingerprint density at radius 3 is 2.54 bits per heavy atom. The largest absolute Gasteiger partial charge is 0.342 e. The first-order valence-electron chi connectivity index (χ1n) is 8.52. The van der Waals surface area contributed by atoms with Gasteiger partial charge in [-0.05, 0) is 48.9 Å². The van der Waals surface area contributed by atoms with E-state index in [0.29, 0.717) is 17.3 Å². The van der Waals surface area contributed by atoms with Crippen molar-refractivity contribution in [2.24, 2.45) is 0 Å². The summed E-state index contributed by atoms with van der Waals surface area (Å²) >= 11 is 0. The summed E-state index contributed by atoms with van der Waals surface area (Å²) in [6.45, 7) is 4.02. The Kier molecular flexibility index (Phi) is 3.81. The van der Waals surface area contributed by atoms with Crippen molar-refractivity contribution in [3.8, 4) is 0 Å². The molecule has 24 heavy (non-hydrogen) atoms. The SMILES string of the molecule is Cc1ccccc1C1CCN(c2nc3ccccc3c(=O)[nH]2)CC1. The molecule has 2 aromatic carbocycles. The van der Waals surface area contributed by atoms with Gasteiger partial charge in [0.1, 0.15) is 0 Å². The van der Waals surface area contributed by atoms with Gasteiger partial charge in [-0.2, -0.15) is 0 Å². The van der Waals surface area contributed by atoms with Gasteiger partial charge in [0.05, 0.1) is 10.9 Å². The van der Waals surface area contributed by atoms with E-state index >= 15 is 0 Å². The highest BCUT2D eigenvalue weighted by atomic mass is 16.1. The maximum atomic E-state index is 12.3. The van der Waals surface area contributed by atoms with Crippen molar-refractivity contribution in [1.29, 1.82) is 0 Å². The molecule has 4 nitrogen and oxygen atoms in total. The van der Waals surface area contributed by atoms with Crippen LogP contribution in [-0.4, -0.2) is 23.1 Å². The average Bonchev–Trinajstić information content (AvgIpc) is 2.62. The molecule has 0 radical (unpaired) electrons. The van der Waals surface area contributed by atoms with Gasteiger partial charge in [0.15, 0.2) is 0 Å². The van der Waals surface area contributed by atoms with Gasteiger partial charge >= 0.3 is 0 Å². The zero-order chi connectivity index (χ0) is 16.5. The van der Waals surface area contributed by atoms with Gasteiger partial charge in [0, 0.05) is 13.1 Å². The quantitative estimate of drug-likeness (QED) is 0.785. The summed E-state index contributed by atoms with van der Waals surface area (Å²) in [7, 11) is 0. The number of piperidine rings is 1. The normalized spacial score (nSPS) is 15.8. The van der Waals surface area contributed by atoms with E-state index in [1.807, 2.05) is 24.3 Å². The van der Waals surface area contributed by atoms with Crippen LogP contribution in [0, 0.1) is 6.92 Å². The molecule has 1 fully saturated rings. The highest BCUT2D eigenvalue weighted by Gasteiger charge is 2.23. The zero-order valence-corrected chi connectivity index (χ0v) is 13.8. The fraction of sp³-hybridized carbons (Fsp3) is 0.300. The maximum absolute atomic E-state index is 12.3. The highest BCUT2D eigenvalue weighted by Crippen LogP contribution is 2.31. The standard InChI is InChI=1S/C20H21N3O/c1-14-6-2-3-7-16(14)15-10-12-23(13-11-15)20-21-18-9-5-4-8-17(18)19(24)22-20/h2-9,15H,10-13H2,1H3,(H,21,22,24). The van der Waals surface area contributed by atoms with Crippen molar-refractivity contribution in [2.75, 3.05) is 18.0 Å². The molecule has 0 unspecified atom stereocenters. The lowest BCUT2D eigenvalue weighted by Crippen LogP contribution is -2.35. The lowest BCUT2D eigenvalue weighted by molar-refractivity contribution is 0.498. The summed E-state index contributed by atoms with van der Waals surface area (Å²) in [5, 5.41) is 0.649. The minimum absolute atomic E-state index is 0.0587. The Bertz CT molecular complexity index is 923. The zero-order valence-electron chi connectivity index (χ0n) is 13.8. The Hall–Kier alpha value is -2.62. The number of anilines is 1. The Morgan fingerprint density at radius 1 is 1.04 bits per heavy atom. The van der Waals surface area contributed by atoms with Gasteiger partial charge in [-0.3, -0.25) is 9.78 Å². The first-order chi connectivity index (χ1) is 11.7. The molecular weight excluding hydrogens is 298 g/mol. The third-order valence-corrected chi connectivity index (χ3v) is 5.02. The number of aromatic amines is 1. The number of H-pyrrole nitrogens is 1. The molecule has 1 N–H and O–H groups in total. The number of nitrogens with zero attached hydrogens (tertiary/aromatic N) is 2. The molecule has 2 heterocycles. The Balaban J connectivity index is 1.56. The van der Waals surface area contributed by atoms with E-state index in [9.17, 15) is 4.79 Å². The number of benzene rings is 2. The molecule has 122 valence electrons. The van der Waals surface area contributed by atoms with Crippen LogP contribution in [0.3, 0.4) is 0 Å². The van der Waals surface area contributed by atoms with E-state index in [-0.39, 0.29) is 5.56 Å². The molecule has 1 saturated heterocycles. The van der Waals surface area contributed by atoms with E-state index in [2.05, 4.69) is 46.1 Å². The second-order valence-corrected chi connectivity index (χ2v) is 6.52. The summed E-state index contributed by atoms with van der Waals surface area (Å²) in [6, 6.07) is 16.1. The Labute approximate surface area is 141 Å². The van der Waals surface area contributed by atoms with Crippen LogP contribution in [0.1, 0.15) is 29.9 Å². The lowest BCUT2D eigenvalue weighted by Gasteiger charge is -2.33. The third kappa shape index (κ3) is 2.68. The van der Waals surface area contributed by atoms with Gasteiger partial charge in [-0.15, -0.1) is 0 Å². The molecule has 0 aliphatic carbocycles. The first-order valence-corrected chi connectivity index (χ1v) is 8.52.